The lowest BCUT2D eigenvalue weighted by atomic mass is 10.1. The first-order valence-corrected chi connectivity index (χ1v) is 8.54. The van der Waals surface area contributed by atoms with Gasteiger partial charge in [-0.1, -0.05) is 17.7 Å². The van der Waals surface area contributed by atoms with E-state index in [1.165, 1.54) is 0 Å². The summed E-state index contributed by atoms with van der Waals surface area (Å²) in [6, 6.07) is 5.69. The number of nitrogens with one attached hydrogen (secondary N) is 1. The van der Waals surface area contributed by atoms with Gasteiger partial charge in [0.15, 0.2) is 0 Å². The van der Waals surface area contributed by atoms with Crippen LogP contribution in [0.3, 0.4) is 0 Å². The van der Waals surface area contributed by atoms with Crippen LogP contribution in [-0.4, -0.2) is 49.3 Å². The number of carbonyl (C=O) groups is 1. The van der Waals surface area contributed by atoms with E-state index in [0.717, 1.165) is 51.3 Å². The summed E-state index contributed by atoms with van der Waals surface area (Å²) in [6.45, 7) is 6.18. The topological polar surface area (TPSA) is 50.8 Å². The first-order valence-electron chi connectivity index (χ1n) is 8.16. The Hall–Kier alpha value is -1.14. The van der Waals surface area contributed by atoms with Crippen molar-refractivity contribution in [1.82, 2.24) is 4.90 Å². The van der Waals surface area contributed by atoms with Gasteiger partial charge in [-0.15, -0.1) is 0 Å². The molecule has 2 heterocycles. The highest BCUT2D eigenvalue weighted by Crippen LogP contribution is 2.24. The number of hydrogen-bond acceptors (Lipinski definition) is 4. The molecule has 0 spiro atoms. The maximum Gasteiger partial charge on any atom is 0.253 e. The van der Waals surface area contributed by atoms with Crippen LogP contribution in [0.4, 0.5) is 5.69 Å². The maximum atomic E-state index is 12.2. The predicted molar refractivity (Wildman–Crippen MR) is 89.7 cm³/mol. The van der Waals surface area contributed by atoms with Crippen molar-refractivity contribution in [3.8, 4) is 0 Å². The molecule has 0 saturated carbocycles. The highest BCUT2D eigenvalue weighted by Gasteiger charge is 2.28. The molecule has 1 aromatic rings. The van der Waals surface area contributed by atoms with Gasteiger partial charge in [-0.25, -0.2) is 0 Å². The fourth-order valence-corrected chi connectivity index (χ4v) is 3.21. The van der Waals surface area contributed by atoms with E-state index in [1.54, 1.807) is 0 Å². The Morgan fingerprint density at radius 3 is 2.78 bits per heavy atom. The predicted octanol–water partition coefficient (Wildman–Crippen LogP) is 2.68. The zero-order valence-corrected chi connectivity index (χ0v) is 14.1. The average Bonchev–Trinajstić information content (AvgIpc) is 2.98. The number of benzene rings is 1. The van der Waals surface area contributed by atoms with E-state index in [9.17, 15) is 4.79 Å². The van der Waals surface area contributed by atoms with Crippen LogP contribution in [-0.2, 0) is 20.8 Å². The second-order valence-electron chi connectivity index (χ2n) is 6.20. The number of anilines is 1. The first kappa shape index (κ1) is 16.7. The van der Waals surface area contributed by atoms with Crippen LogP contribution in [0, 0.1) is 0 Å². The minimum absolute atomic E-state index is 0.0913. The van der Waals surface area contributed by atoms with Crippen LogP contribution < -0.4 is 5.32 Å². The molecule has 0 aliphatic carbocycles. The van der Waals surface area contributed by atoms with Crippen molar-refractivity contribution in [3.05, 3.63) is 28.8 Å². The van der Waals surface area contributed by atoms with Gasteiger partial charge in [-0.2, -0.15) is 0 Å². The van der Waals surface area contributed by atoms with E-state index in [2.05, 4.69) is 10.2 Å². The van der Waals surface area contributed by atoms with Crippen molar-refractivity contribution in [3.63, 3.8) is 0 Å². The Balaban J connectivity index is 1.58. The summed E-state index contributed by atoms with van der Waals surface area (Å²) in [5.41, 5.74) is 1.78. The quantitative estimate of drug-likeness (QED) is 0.917. The molecule has 1 aromatic carbocycles. The van der Waals surface area contributed by atoms with E-state index in [0.29, 0.717) is 10.7 Å². The molecule has 2 unspecified atom stereocenters. The Labute approximate surface area is 141 Å². The summed E-state index contributed by atoms with van der Waals surface area (Å²) in [6.07, 6.45) is 1.51. The van der Waals surface area contributed by atoms with Gasteiger partial charge in [0, 0.05) is 30.3 Å². The number of rotatable bonds is 4. The van der Waals surface area contributed by atoms with Gasteiger partial charge in [0.05, 0.1) is 19.3 Å². The molecule has 1 amide bonds. The zero-order valence-electron chi connectivity index (χ0n) is 13.4. The van der Waals surface area contributed by atoms with Crippen LogP contribution >= 0.6 is 11.6 Å². The highest BCUT2D eigenvalue weighted by atomic mass is 35.5. The van der Waals surface area contributed by atoms with E-state index >= 15 is 0 Å². The number of ether oxygens (including phenoxy) is 2. The molecule has 2 fully saturated rings. The van der Waals surface area contributed by atoms with Gasteiger partial charge in [0.1, 0.15) is 6.10 Å². The summed E-state index contributed by atoms with van der Waals surface area (Å²) in [5, 5.41) is 3.57. The first-order chi connectivity index (χ1) is 11.1. The fourth-order valence-electron chi connectivity index (χ4n) is 2.97. The normalized spacial score (nSPS) is 25.5. The summed E-state index contributed by atoms with van der Waals surface area (Å²) in [5.74, 6) is -0.0913. The second kappa shape index (κ2) is 7.62. The molecule has 2 aliphatic heterocycles. The third-order valence-corrected chi connectivity index (χ3v) is 4.69. The summed E-state index contributed by atoms with van der Waals surface area (Å²) < 4.78 is 10.9. The van der Waals surface area contributed by atoms with E-state index in [4.69, 9.17) is 21.1 Å². The number of hydrogen-bond donors (Lipinski definition) is 1. The molecule has 3 rings (SSSR count). The molecule has 1 N–H and O–H groups in total. The van der Waals surface area contributed by atoms with E-state index in [-0.39, 0.29) is 18.1 Å². The smallest absolute Gasteiger partial charge is 0.253 e. The lowest BCUT2D eigenvalue weighted by Gasteiger charge is -2.27. The zero-order chi connectivity index (χ0) is 16.2. The molecule has 2 atom stereocenters. The maximum absolute atomic E-state index is 12.2. The van der Waals surface area contributed by atoms with Crippen LogP contribution in [0.5, 0.6) is 0 Å². The molecule has 5 nitrogen and oxygen atoms in total. The Morgan fingerprint density at radius 2 is 2.13 bits per heavy atom. The highest BCUT2D eigenvalue weighted by molar-refractivity contribution is 6.31. The lowest BCUT2D eigenvalue weighted by Crippen LogP contribution is -2.35. The minimum Gasteiger partial charge on any atom is -0.379 e. The van der Waals surface area contributed by atoms with Crippen molar-refractivity contribution in [2.45, 2.75) is 38.5 Å². The molecule has 0 bridgehead atoms. The van der Waals surface area contributed by atoms with Crippen LogP contribution in [0.15, 0.2) is 18.2 Å². The molecular formula is C17H23ClN2O3. The van der Waals surface area contributed by atoms with Gasteiger partial charge in [0.25, 0.3) is 5.91 Å². The number of carbonyl (C=O) groups excluding carboxylic acids is 1. The van der Waals surface area contributed by atoms with Crippen molar-refractivity contribution in [2.24, 2.45) is 0 Å². The van der Waals surface area contributed by atoms with Gasteiger partial charge < -0.3 is 14.8 Å². The third kappa shape index (κ3) is 4.44. The number of amides is 1. The molecule has 0 radical (unpaired) electrons. The molecule has 23 heavy (non-hydrogen) atoms. The average molecular weight is 339 g/mol. The van der Waals surface area contributed by atoms with Crippen LogP contribution in [0.25, 0.3) is 0 Å². The number of morpholine rings is 1. The third-order valence-electron chi connectivity index (χ3n) is 4.34. The summed E-state index contributed by atoms with van der Waals surface area (Å²) in [7, 11) is 0. The fraction of sp³-hybridized carbons (Fsp3) is 0.588. The van der Waals surface area contributed by atoms with Crippen molar-refractivity contribution < 1.29 is 14.3 Å². The van der Waals surface area contributed by atoms with E-state index < -0.39 is 0 Å². The Kier molecular flexibility index (Phi) is 5.54. The molecule has 2 aliphatic rings. The largest absolute Gasteiger partial charge is 0.379 e. The minimum atomic E-state index is -0.350. The summed E-state index contributed by atoms with van der Waals surface area (Å²) in [4.78, 5) is 14.5. The van der Waals surface area contributed by atoms with Gasteiger partial charge >= 0.3 is 0 Å². The number of nitrogens with zero attached hydrogens (tertiary/aromatic N) is 1. The molecule has 0 aromatic heterocycles. The van der Waals surface area contributed by atoms with Crippen molar-refractivity contribution in [2.75, 3.05) is 31.6 Å². The van der Waals surface area contributed by atoms with Crippen LogP contribution in [0.1, 0.15) is 25.3 Å². The van der Waals surface area contributed by atoms with Crippen molar-refractivity contribution in [1.29, 1.82) is 0 Å². The van der Waals surface area contributed by atoms with Gasteiger partial charge in [-0.3, -0.25) is 9.69 Å². The lowest BCUT2D eigenvalue weighted by molar-refractivity contribution is -0.126. The second-order valence-corrected chi connectivity index (χ2v) is 6.60. The van der Waals surface area contributed by atoms with Gasteiger partial charge in [-0.05, 0) is 37.5 Å². The Bertz CT molecular complexity index is 561. The number of halogens is 1. The SMILES string of the molecule is CC1CCC(C(=O)Nc2ccc(CN3CCOCC3)c(Cl)c2)O1. The van der Waals surface area contributed by atoms with Gasteiger partial charge in [0.2, 0.25) is 0 Å². The summed E-state index contributed by atoms with van der Waals surface area (Å²) >= 11 is 6.37. The molecule has 6 heteroatoms. The monoisotopic (exact) mass is 338 g/mol. The van der Waals surface area contributed by atoms with E-state index in [1.807, 2.05) is 25.1 Å². The molecule has 126 valence electrons. The van der Waals surface area contributed by atoms with Crippen LogP contribution in [0.2, 0.25) is 5.02 Å². The van der Waals surface area contributed by atoms with Crippen molar-refractivity contribution >= 4 is 23.2 Å². The Morgan fingerprint density at radius 1 is 1.35 bits per heavy atom. The molecular weight excluding hydrogens is 316 g/mol. The molecule has 2 saturated heterocycles. The standard InChI is InChI=1S/C17H23ClN2O3/c1-12-2-5-16(23-12)17(21)19-14-4-3-13(15(18)10-14)11-20-6-8-22-9-7-20/h3-4,10,12,16H,2,5-9,11H2,1H3,(H,19,21).